The highest BCUT2D eigenvalue weighted by atomic mass is 16.5. The molecular weight excluding hydrogens is 226 g/mol. The van der Waals surface area contributed by atoms with Crippen LogP contribution in [-0.4, -0.2) is 12.9 Å². The first kappa shape index (κ1) is 13.8. The van der Waals surface area contributed by atoms with Gasteiger partial charge in [-0.3, -0.25) is 5.32 Å². The smallest absolute Gasteiger partial charge is 0.182 e. The lowest BCUT2D eigenvalue weighted by Gasteiger charge is -2.09. The molecule has 0 heterocycles. The first-order chi connectivity index (χ1) is 8.62. The van der Waals surface area contributed by atoms with Crippen LogP contribution in [0.4, 0.5) is 5.69 Å². The van der Waals surface area contributed by atoms with Gasteiger partial charge in [0.1, 0.15) is 11.6 Å². The largest absolute Gasteiger partial charge is 0.497 e. The number of rotatable bonds is 4. The monoisotopic (exact) mass is 243 g/mol. The van der Waals surface area contributed by atoms with Gasteiger partial charge in [-0.05, 0) is 30.7 Å². The Hall–Kier alpha value is -2.28. The van der Waals surface area contributed by atoms with E-state index in [-0.39, 0.29) is 0 Å². The number of aryl methyl sites for hydroxylation is 1. The van der Waals surface area contributed by atoms with Crippen molar-refractivity contribution in [3.8, 4) is 6.19 Å². The van der Waals surface area contributed by atoms with Crippen molar-refractivity contribution in [3.05, 3.63) is 35.9 Å². The number of nitrogens with zero attached hydrogens (tertiary/aromatic N) is 2. The molecule has 0 saturated heterocycles. The number of hydrogen-bond acceptors (Lipinski definition) is 3. The van der Waals surface area contributed by atoms with Crippen LogP contribution in [-0.2, 0) is 4.74 Å². The molecule has 0 aliphatic heterocycles. The Labute approximate surface area is 108 Å². The van der Waals surface area contributed by atoms with Crippen molar-refractivity contribution in [1.29, 1.82) is 5.26 Å². The zero-order chi connectivity index (χ0) is 13.5. The van der Waals surface area contributed by atoms with E-state index in [1.165, 1.54) is 0 Å². The molecule has 0 aliphatic rings. The van der Waals surface area contributed by atoms with E-state index in [2.05, 4.69) is 16.9 Å². The van der Waals surface area contributed by atoms with Crippen LogP contribution in [0.25, 0.3) is 5.76 Å². The number of ether oxygens (including phenoxy) is 1. The summed E-state index contributed by atoms with van der Waals surface area (Å²) in [4.78, 5) is 4.37. The van der Waals surface area contributed by atoms with Crippen LogP contribution in [0.3, 0.4) is 0 Å². The third-order valence-corrected chi connectivity index (χ3v) is 2.56. The maximum absolute atomic E-state index is 8.58. The fourth-order valence-electron chi connectivity index (χ4n) is 1.56. The normalized spacial score (nSPS) is 10.7. The van der Waals surface area contributed by atoms with E-state index in [1.54, 1.807) is 7.11 Å². The van der Waals surface area contributed by atoms with Gasteiger partial charge in [0.15, 0.2) is 6.19 Å². The second-order valence-corrected chi connectivity index (χ2v) is 3.78. The highest BCUT2D eigenvalue weighted by Crippen LogP contribution is 2.23. The summed E-state index contributed by atoms with van der Waals surface area (Å²) in [6.07, 6.45) is 2.56. The molecule has 0 aliphatic carbocycles. The highest BCUT2D eigenvalue weighted by molar-refractivity contribution is 5.85. The van der Waals surface area contributed by atoms with E-state index in [0.717, 1.165) is 16.8 Å². The number of aliphatic imine (C=N–C) groups is 1. The van der Waals surface area contributed by atoms with Crippen molar-refractivity contribution in [2.75, 3.05) is 7.11 Å². The standard InChI is InChI=1S/C14H17N3O/c1-5-14(16-9-15)17-12-6-7-13(10(2)8-12)11(3)18-4/h6-8H,3,5H2,1-2,4H3,(H,16,17). The maximum atomic E-state index is 8.58. The molecule has 0 spiro atoms. The first-order valence-electron chi connectivity index (χ1n) is 5.69. The second kappa shape index (κ2) is 6.45. The third-order valence-electron chi connectivity index (χ3n) is 2.56. The maximum Gasteiger partial charge on any atom is 0.182 e. The molecule has 0 amide bonds. The van der Waals surface area contributed by atoms with Gasteiger partial charge in [-0.1, -0.05) is 13.5 Å². The Bertz CT molecular complexity index is 512. The molecule has 1 aromatic carbocycles. The van der Waals surface area contributed by atoms with Crippen molar-refractivity contribution < 1.29 is 4.74 Å². The molecule has 0 atom stereocenters. The highest BCUT2D eigenvalue weighted by Gasteiger charge is 2.04. The van der Waals surface area contributed by atoms with E-state index >= 15 is 0 Å². The van der Waals surface area contributed by atoms with Gasteiger partial charge in [0.25, 0.3) is 0 Å². The molecular formula is C14H17N3O. The van der Waals surface area contributed by atoms with Gasteiger partial charge in [-0.25, -0.2) is 4.99 Å². The van der Waals surface area contributed by atoms with Crippen molar-refractivity contribution >= 4 is 17.3 Å². The summed E-state index contributed by atoms with van der Waals surface area (Å²) in [6.45, 7) is 7.74. The number of nitriles is 1. The third kappa shape index (κ3) is 3.36. The van der Waals surface area contributed by atoms with E-state index < -0.39 is 0 Å². The van der Waals surface area contributed by atoms with E-state index in [9.17, 15) is 0 Å². The molecule has 1 rings (SSSR count). The lowest BCUT2D eigenvalue weighted by Crippen LogP contribution is -2.15. The lowest BCUT2D eigenvalue weighted by atomic mass is 10.1. The number of benzene rings is 1. The number of nitrogens with one attached hydrogen (secondary N) is 1. The van der Waals surface area contributed by atoms with Gasteiger partial charge in [-0.2, -0.15) is 5.26 Å². The number of amidine groups is 1. The van der Waals surface area contributed by atoms with Crippen LogP contribution in [0.15, 0.2) is 29.8 Å². The molecule has 94 valence electrons. The molecule has 0 saturated carbocycles. The van der Waals surface area contributed by atoms with E-state index in [1.807, 2.05) is 38.2 Å². The summed E-state index contributed by atoms with van der Waals surface area (Å²) in [5.74, 6) is 1.28. The SMILES string of the molecule is C=C(OC)c1ccc(N=C(CC)NC#N)cc1C. The van der Waals surface area contributed by atoms with Crippen molar-refractivity contribution in [1.82, 2.24) is 5.32 Å². The Balaban J connectivity index is 3.05. The van der Waals surface area contributed by atoms with Crippen molar-refractivity contribution in [2.45, 2.75) is 20.3 Å². The predicted octanol–water partition coefficient (Wildman–Crippen LogP) is 3.12. The van der Waals surface area contributed by atoms with Crippen molar-refractivity contribution in [2.24, 2.45) is 4.99 Å². The molecule has 0 fully saturated rings. The second-order valence-electron chi connectivity index (χ2n) is 3.78. The molecule has 0 unspecified atom stereocenters. The average Bonchev–Trinajstić information content (AvgIpc) is 2.37. The van der Waals surface area contributed by atoms with Crippen LogP contribution in [0.1, 0.15) is 24.5 Å². The summed E-state index contributed by atoms with van der Waals surface area (Å²) in [5, 5.41) is 11.1. The summed E-state index contributed by atoms with van der Waals surface area (Å²) >= 11 is 0. The molecule has 1 N–H and O–H groups in total. The molecule has 4 nitrogen and oxygen atoms in total. The van der Waals surface area contributed by atoms with Gasteiger partial charge in [-0.15, -0.1) is 0 Å². The lowest BCUT2D eigenvalue weighted by molar-refractivity contribution is 0.371. The van der Waals surface area contributed by atoms with Gasteiger partial charge in [0, 0.05) is 12.0 Å². The Morgan fingerprint density at radius 1 is 1.56 bits per heavy atom. The fourth-order valence-corrected chi connectivity index (χ4v) is 1.56. The Morgan fingerprint density at radius 2 is 2.28 bits per heavy atom. The quantitative estimate of drug-likeness (QED) is 0.290. The first-order valence-corrected chi connectivity index (χ1v) is 5.69. The molecule has 0 bridgehead atoms. The van der Waals surface area contributed by atoms with Gasteiger partial charge in [0.2, 0.25) is 0 Å². The summed E-state index contributed by atoms with van der Waals surface area (Å²) in [6, 6.07) is 5.73. The summed E-state index contributed by atoms with van der Waals surface area (Å²) in [5.41, 5.74) is 2.80. The summed E-state index contributed by atoms with van der Waals surface area (Å²) < 4.78 is 5.11. The number of methoxy groups -OCH3 is 1. The topological polar surface area (TPSA) is 57.4 Å². The number of hydrogen-bond donors (Lipinski definition) is 1. The van der Waals surface area contributed by atoms with Crippen LogP contribution in [0.2, 0.25) is 0 Å². The minimum atomic E-state index is 0.633. The van der Waals surface area contributed by atoms with Crippen LogP contribution in [0, 0.1) is 18.4 Å². The van der Waals surface area contributed by atoms with E-state index in [4.69, 9.17) is 10.00 Å². The molecule has 1 aromatic rings. The van der Waals surface area contributed by atoms with Crippen LogP contribution >= 0.6 is 0 Å². The average molecular weight is 243 g/mol. The molecule has 4 heteroatoms. The van der Waals surface area contributed by atoms with Crippen LogP contribution in [0.5, 0.6) is 0 Å². The van der Waals surface area contributed by atoms with Crippen molar-refractivity contribution in [3.63, 3.8) is 0 Å². The minimum absolute atomic E-state index is 0.633. The fraction of sp³-hybridized carbons (Fsp3) is 0.286. The summed E-state index contributed by atoms with van der Waals surface area (Å²) in [7, 11) is 1.60. The van der Waals surface area contributed by atoms with Gasteiger partial charge in [0.05, 0.1) is 12.8 Å². The Kier molecular flexibility index (Phi) is 4.94. The van der Waals surface area contributed by atoms with Gasteiger partial charge >= 0.3 is 0 Å². The zero-order valence-corrected chi connectivity index (χ0v) is 10.9. The zero-order valence-electron chi connectivity index (χ0n) is 10.9. The molecule has 0 aromatic heterocycles. The minimum Gasteiger partial charge on any atom is -0.497 e. The predicted molar refractivity (Wildman–Crippen MR) is 73.4 cm³/mol. The Morgan fingerprint density at radius 3 is 2.78 bits per heavy atom. The van der Waals surface area contributed by atoms with Crippen LogP contribution < -0.4 is 5.32 Å². The molecule has 0 radical (unpaired) electrons. The van der Waals surface area contributed by atoms with Gasteiger partial charge < -0.3 is 4.74 Å². The van der Waals surface area contributed by atoms with E-state index in [0.29, 0.717) is 18.0 Å². The molecule has 18 heavy (non-hydrogen) atoms.